The zero-order valence-corrected chi connectivity index (χ0v) is 12.5. The van der Waals surface area contributed by atoms with Gasteiger partial charge in [-0.2, -0.15) is 0 Å². The Bertz CT molecular complexity index is 505. The number of carbonyl (C=O) groups is 1. The van der Waals surface area contributed by atoms with Gasteiger partial charge in [0.2, 0.25) is 5.91 Å². The van der Waals surface area contributed by atoms with Crippen molar-refractivity contribution in [2.24, 2.45) is 5.92 Å². The van der Waals surface area contributed by atoms with Crippen molar-refractivity contribution in [3.63, 3.8) is 0 Å². The molecule has 3 nitrogen and oxygen atoms in total. The van der Waals surface area contributed by atoms with E-state index in [1.165, 1.54) is 5.56 Å². The topological polar surface area (TPSA) is 32.3 Å². The highest BCUT2D eigenvalue weighted by Crippen LogP contribution is 2.34. The first-order valence-electron chi connectivity index (χ1n) is 7.81. The second-order valence-corrected chi connectivity index (χ2v) is 6.32. The second kappa shape index (κ2) is 5.21. The molecule has 2 heterocycles. The largest absolute Gasteiger partial charge is 0.310 e. The van der Waals surface area contributed by atoms with Crippen molar-refractivity contribution in [3.05, 3.63) is 29.8 Å². The van der Waals surface area contributed by atoms with Gasteiger partial charge in [0.1, 0.15) is 0 Å². The summed E-state index contributed by atoms with van der Waals surface area (Å²) in [5.41, 5.74) is 2.10. The van der Waals surface area contributed by atoms with Gasteiger partial charge in [-0.05, 0) is 49.8 Å². The molecular weight excluding hydrogens is 248 g/mol. The van der Waals surface area contributed by atoms with E-state index in [2.05, 4.69) is 37.4 Å². The summed E-state index contributed by atoms with van der Waals surface area (Å²) in [7, 11) is 0. The van der Waals surface area contributed by atoms with Crippen LogP contribution in [-0.2, 0) is 11.2 Å². The van der Waals surface area contributed by atoms with Gasteiger partial charge in [-0.25, -0.2) is 0 Å². The van der Waals surface area contributed by atoms with Crippen LogP contribution in [-0.4, -0.2) is 24.5 Å². The van der Waals surface area contributed by atoms with E-state index in [4.69, 9.17) is 0 Å². The lowest BCUT2D eigenvalue weighted by molar-refractivity contribution is -0.124. The van der Waals surface area contributed by atoms with E-state index in [0.717, 1.165) is 44.5 Å². The Hall–Kier alpha value is -1.35. The number of anilines is 1. The van der Waals surface area contributed by atoms with Crippen LogP contribution in [0.25, 0.3) is 0 Å². The number of hydrogen-bond donors (Lipinski definition) is 1. The molecule has 1 aromatic rings. The van der Waals surface area contributed by atoms with E-state index >= 15 is 0 Å². The van der Waals surface area contributed by atoms with Crippen LogP contribution in [0.1, 0.15) is 38.7 Å². The summed E-state index contributed by atoms with van der Waals surface area (Å²) in [6, 6.07) is 8.36. The van der Waals surface area contributed by atoms with Crippen LogP contribution in [0.15, 0.2) is 24.3 Å². The summed E-state index contributed by atoms with van der Waals surface area (Å²) < 4.78 is 0. The molecule has 0 aliphatic carbocycles. The number of para-hydroxylation sites is 1. The second-order valence-electron chi connectivity index (χ2n) is 6.32. The molecule has 0 bridgehead atoms. The molecule has 3 heteroatoms. The van der Waals surface area contributed by atoms with Gasteiger partial charge in [0.25, 0.3) is 0 Å². The van der Waals surface area contributed by atoms with Crippen LogP contribution in [0.3, 0.4) is 0 Å². The molecule has 2 aliphatic heterocycles. The lowest BCUT2D eigenvalue weighted by atomic mass is 9.88. The molecule has 3 rings (SSSR count). The minimum Gasteiger partial charge on any atom is -0.310 e. The number of fused-ring (bicyclic) bond motifs is 1. The van der Waals surface area contributed by atoms with Crippen LogP contribution in [0, 0.1) is 5.92 Å². The fourth-order valence-corrected chi connectivity index (χ4v) is 3.69. The Morgan fingerprint density at radius 3 is 2.95 bits per heavy atom. The third-order valence-electron chi connectivity index (χ3n) is 4.85. The Balaban J connectivity index is 1.95. The number of nitrogens with zero attached hydrogens (tertiary/aromatic N) is 1. The highest BCUT2D eigenvalue weighted by molar-refractivity contribution is 6.01. The molecule has 2 aliphatic rings. The minimum absolute atomic E-state index is 0.275. The number of nitrogens with one attached hydrogen (secondary N) is 1. The molecule has 1 fully saturated rings. The molecular formula is C17H24N2O. The minimum atomic E-state index is -0.329. The summed E-state index contributed by atoms with van der Waals surface area (Å²) in [6.45, 7) is 6.16. The zero-order chi connectivity index (χ0) is 14.2. The van der Waals surface area contributed by atoms with Crippen molar-refractivity contribution in [3.8, 4) is 0 Å². The van der Waals surface area contributed by atoms with E-state index in [1.807, 2.05) is 11.0 Å². The Kier molecular flexibility index (Phi) is 3.55. The Morgan fingerprint density at radius 1 is 1.45 bits per heavy atom. The molecule has 1 saturated heterocycles. The first-order valence-corrected chi connectivity index (χ1v) is 7.81. The number of rotatable bonds is 2. The average molecular weight is 272 g/mol. The van der Waals surface area contributed by atoms with E-state index in [-0.39, 0.29) is 11.4 Å². The quantitative estimate of drug-likeness (QED) is 0.898. The van der Waals surface area contributed by atoms with Gasteiger partial charge in [-0.3, -0.25) is 4.79 Å². The summed E-state index contributed by atoms with van der Waals surface area (Å²) in [5.74, 6) is 0.806. The SMILES string of the molecule is CCC1(C(=O)N2CC(C)Cc3ccccc32)CCCN1. The van der Waals surface area contributed by atoms with Crippen molar-refractivity contribution in [1.82, 2.24) is 5.32 Å². The maximum atomic E-state index is 13.1. The summed E-state index contributed by atoms with van der Waals surface area (Å²) in [6.07, 6.45) is 4.02. The van der Waals surface area contributed by atoms with Gasteiger partial charge in [-0.15, -0.1) is 0 Å². The van der Waals surface area contributed by atoms with E-state index in [1.54, 1.807) is 0 Å². The van der Waals surface area contributed by atoms with Crippen molar-refractivity contribution in [1.29, 1.82) is 0 Å². The molecule has 0 radical (unpaired) electrons. The molecule has 1 aromatic carbocycles. The monoisotopic (exact) mass is 272 g/mol. The van der Waals surface area contributed by atoms with Gasteiger partial charge in [-0.1, -0.05) is 32.0 Å². The fraction of sp³-hybridized carbons (Fsp3) is 0.588. The first-order chi connectivity index (χ1) is 9.66. The van der Waals surface area contributed by atoms with Crippen LogP contribution in [0.5, 0.6) is 0 Å². The molecule has 20 heavy (non-hydrogen) atoms. The van der Waals surface area contributed by atoms with Crippen molar-refractivity contribution >= 4 is 11.6 Å². The Labute approximate surface area is 121 Å². The van der Waals surface area contributed by atoms with E-state index in [9.17, 15) is 4.79 Å². The lowest BCUT2D eigenvalue weighted by Gasteiger charge is -2.39. The molecule has 0 saturated carbocycles. The van der Waals surface area contributed by atoms with Gasteiger partial charge in [0.15, 0.2) is 0 Å². The van der Waals surface area contributed by atoms with Crippen LogP contribution >= 0.6 is 0 Å². The van der Waals surface area contributed by atoms with Gasteiger partial charge >= 0.3 is 0 Å². The fourth-order valence-electron chi connectivity index (χ4n) is 3.69. The highest BCUT2D eigenvalue weighted by Gasteiger charge is 2.43. The van der Waals surface area contributed by atoms with Crippen LogP contribution in [0.4, 0.5) is 5.69 Å². The Morgan fingerprint density at radius 2 is 2.25 bits per heavy atom. The molecule has 2 atom stereocenters. The summed E-state index contributed by atoms with van der Waals surface area (Å²) >= 11 is 0. The van der Waals surface area contributed by atoms with Gasteiger partial charge in [0.05, 0.1) is 5.54 Å². The molecule has 2 unspecified atom stereocenters. The standard InChI is InChI=1S/C17H24N2O/c1-3-17(9-6-10-18-17)16(20)19-12-13(2)11-14-7-4-5-8-15(14)19/h4-5,7-8,13,18H,3,6,9-12H2,1-2H3. The molecule has 0 spiro atoms. The number of hydrogen-bond acceptors (Lipinski definition) is 2. The summed E-state index contributed by atoms with van der Waals surface area (Å²) in [5, 5.41) is 3.47. The average Bonchev–Trinajstić information content (AvgIpc) is 2.95. The molecule has 1 N–H and O–H groups in total. The zero-order valence-electron chi connectivity index (χ0n) is 12.5. The predicted molar refractivity (Wildman–Crippen MR) is 81.9 cm³/mol. The summed E-state index contributed by atoms with van der Waals surface area (Å²) in [4.78, 5) is 15.2. The van der Waals surface area contributed by atoms with Gasteiger partial charge in [0, 0.05) is 12.2 Å². The maximum Gasteiger partial charge on any atom is 0.247 e. The lowest BCUT2D eigenvalue weighted by Crippen LogP contribution is -2.56. The number of carbonyl (C=O) groups excluding carboxylic acids is 1. The third kappa shape index (κ3) is 2.14. The van der Waals surface area contributed by atoms with Gasteiger partial charge < -0.3 is 10.2 Å². The van der Waals surface area contributed by atoms with Crippen LogP contribution < -0.4 is 10.2 Å². The molecule has 0 aromatic heterocycles. The van der Waals surface area contributed by atoms with Crippen molar-refractivity contribution in [2.45, 2.75) is 45.1 Å². The maximum absolute atomic E-state index is 13.1. The first kappa shape index (κ1) is 13.6. The normalized spacial score (nSPS) is 29.3. The predicted octanol–water partition coefficient (Wildman–Crippen LogP) is 2.74. The molecule has 1 amide bonds. The molecule has 108 valence electrons. The smallest absolute Gasteiger partial charge is 0.247 e. The van der Waals surface area contributed by atoms with Crippen LogP contribution in [0.2, 0.25) is 0 Å². The van der Waals surface area contributed by atoms with Crippen molar-refractivity contribution < 1.29 is 4.79 Å². The van der Waals surface area contributed by atoms with Crippen molar-refractivity contribution in [2.75, 3.05) is 18.0 Å². The highest BCUT2D eigenvalue weighted by atomic mass is 16.2. The number of benzene rings is 1. The third-order valence-corrected chi connectivity index (χ3v) is 4.85. The number of amides is 1. The van der Waals surface area contributed by atoms with E-state index < -0.39 is 0 Å². The van der Waals surface area contributed by atoms with E-state index in [0.29, 0.717) is 5.92 Å².